The summed E-state index contributed by atoms with van der Waals surface area (Å²) in [4.78, 5) is 32.2. The second-order valence-corrected chi connectivity index (χ2v) is 4.88. The molecule has 0 atom stereocenters. The lowest BCUT2D eigenvalue weighted by Crippen LogP contribution is -2.22. The van der Waals surface area contributed by atoms with E-state index in [4.69, 9.17) is 0 Å². The van der Waals surface area contributed by atoms with Crippen molar-refractivity contribution in [1.82, 2.24) is 4.57 Å². The molecule has 21 heavy (non-hydrogen) atoms. The Morgan fingerprint density at radius 2 is 1.67 bits per heavy atom. The Hall–Kier alpha value is -2.55. The molecular weight excluding hydrogens is 346 g/mol. The summed E-state index contributed by atoms with van der Waals surface area (Å²) in [7, 11) is 0. The first-order valence-electron chi connectivity index (χ1n) is 5.67. The number of aromatic nitrogens is 1. The quantitative estimate of drug-likeness (QED) is 0.619. The molecule has 1 aromatic carbocycles. The predicted octanol–water partition coefficient (Wildman–Crippen LogP) is 2.48. The van der Waals surface area contributed by atoms with Crippen LogP contribution >= 0.6 is 15.9 Å². The summed E-state index contributed by atoms with van der Waals surface area (Å²) in [5, 5.41) is 21.6. The highest BCUT2D eigenvalue weighted by Gasteiger charge is 2.17. The number of halogens is 1. The minimum absolute atomic E-state index is 0.0111. The number of benzene rings is 1. The van der Waals surface area contributed by atoms with E-state index >= 15 is 0 Å². The van der Waals surface area contributed by atoms with Crippen molar-refractivity contribution in [2.75, 3.05) is 0 Å². The fraction of sp³-hybridized carbons (Fsp3) is 0.0833. The van der Waals surface area contributed by atoms with Gasteiger partial charge in [-0.1, -0.05) is 12.1 Å². The van der Waals surface area contributed by atoms with Crippen molar-refractivity contribution < 1.29 is 9.85 Å². The molecule has 8 nitrogen and oxygen atoms in total. The second-order valence-electron chi connectivity index (χ2n) is 4.09. The Morgan fingerprint density at radius 1 is 1.05 bits per heavy atom. The van der Waals surface area contributed by atoms with Gasteiger partial charge in [0.05, 0.1) is 16.4 Å². The van der Waals surface area contributed by atoms with Crippen LogP contribution in [0.2, 0.25) is 0 Å². The highest BCUT2D eigenvalue weighted by molar-refractivity contribution is 9.10. The van der Waals surface area contributed by atoms with Crippen LogP contribution in [-0.4, -0.2) is 14.4 Å². The van der Waals surface area contributed by atoms with Gasteiger partial charge in [-0.2, -0.15) is 0 Å². The van der Waals surface area contributed by atoms with Crippen molar-refractivity contribution in [2.24, 2.45) is 0 Å². The first-order chi connectivity index (χ1) is 9.91. The molecule has 2 aromatic rings. The molecule has 0 aliphatic rings. The fourth-order valence-electron chi connectivity index (χ4n) is 1.80. The van der Waals surface area contributed by atoms with E-state index in [1.807, 2.05) is 0 Å². The molecule has 0 unspecified atom stereocenters. The third-order valence-corrected chi connectivity index (χ3v) is 3.71. The van der Waals surface area contributed by atoms with Crippen molar-refractivity contribution in [3.8, 4) is 0 Å². The zero-order valence-corrected chi connectivity index (χ0v) is 12.0. The van der Waals surface area contributed by atoms with E-state index in [1.54, 1.807) is 6.07 Å². The van der Waals surface area contributed by atoms with Crippen LogP contribution in [0.5, 0.6) is 0 Å². The summed E-state index contributed by atoms with van der Waals surface area (Å²) >= 11 is 3.12. The van der Waals surface area contributed by atoms with Gasteiger partial charge in [-0.3, -0.25) is 25.0 Å². The molecule has 0 saturated heterocycles. The monoisotopic (exact) mass is 353 g/mol. The summed E-state index contributed by atoms with van der Waals surface area (Å²) in [6, 6.07) is 6.90. The van der Waals surface area contributed by atoms with E-state index in [0.29, 0.717) is 5.56 Å². The van der Waals surface area contributed by atoms with Gasteiger partial charge in [0.25, 0.3) is 5.69 Å². The van der Waals surface area contributed by atoms with E-state index in [9.17, 15) is 25.0 Å². The Morgan fingerprint density at radius 3 is 2.29 bits per heavy atom. The van der Waals surface area contributed by atoms with Crippen LogP contribution in [0.4, 0.5) is 11.4 Å². The Bertz CT molecular complexity index is 787. The Kier molecular flexibility index (Phi) is 4.13. The zero-order valence-electron chi connectivity index (χ0n) is 10.4. The Labute approximate surface area is 126 Å². The molecule has 108 valence electrons. The molecule has 9 heteroatoms. The summed E-state index contributed by atoms with van der Waals surface area (Å²) < 4.78 is 1.37. The summed E-state index contributed by atoms with van der Waals surface area (Å²) in [5.41, 5.74) is -0.960. The molecule has 0 aliphatic carbocycles. The maximum atomic E-state index is 11.9. The van der Waals surface area contributed by atoms with Gasteiger partial charge in [-0.25, -0.2) is 0 Å². The van der Waals surface area contributed by atoms with Gasteiger partial charge in [0.2, 0.25) is 0 Å². The third kappa shape index (κ3) is 2.97. The van der Waals surface area contributed by atoms with Crippen LogP contribution in [0.15, 0.2) is 45.8 Å². The Balaban J connectivity index is 2.47. The van der Waals surface area contributed by atoms with Crippen molar-refractivity contribution >= 4 is 27.3 Å². The van der Waals surface area contributed by atoms with Crippen LogP contribution in [0.3, 0.4) is 0 Å². The summed E-state index contributed by atoms with van der Waals surface area (Å²) in [6.07, 6.45) is 1.39. The molecule has 0 N–H and O–H groups in total. The lowest BCUT2D eigenvalue weighted by atomic mass is 10.2. The molecule has 0 bridgehead atoms. The number of nitro benzene ring substituents is 1. The first kappa shape index (κ1) is 14.9. The maximum Gasteiger partial charge on any atom is 0.334 e. The molecule has 2 rings (SSSR count). The molecule has 0 saturated carbocycles. The van der Waals surface area contributed by atoms with Gasteiger partial charge < -0.3 is 4.57 Å². The number of nitrogens with zero attached hydrogens (tertiary/aromatic N) is 3. The zero-order chi connectivity index (χ0) is 15.6. The average Bonchev–Trinajstić information content (AvgIpc) is 2.42. The fourth-order valence-corrected chi connectivity index (χ4v) is 2.34. The van der Waals surface area contributed by atoms with Crippen LogP contribution in [-0.2, 0) is 6.54 Å². The average molecular weight is 354 g/mol. The van der Waals surface area contributed by atoms with Crippen molar-refractivity contribution in [3.05, 3.63) is 77.1 Å². The third-order valence-electron chi connectivity index (χ3n) is 2.79. The van der Waals surface area contributed by atoms with Gasteiger partial charge >= 0.3 is 11.2 Å². The molecule has 0 fully saturated rings. The van der Waals surface area contributed by atoms with Gasteiger partial charge in [0.1, 0.15) is 4.47 Å². The van der Waals surface area contributed by atoms with Gasteiger partial charge in [-0.05, 0) is 27.6 Å². The van der Waals surface area contributed by atoms with E-state index in [-0.39, 0.29) is 16.7 Å². The maximum absolute atomic E-state index is 11.9. The standard InChI is InChI=1S/C12H8BrN3O5/c13-11-8(3-1-4-9(11)15(18)19)7-14-6-2-5-10(12(14)17)16(20)21/h1-6H,7H2. The molecule has 1 aromatic heterocycles. The van der Waals surface area contributed by atoms with Crippen LogP contribution in [0, 0.1) is 20.2 Å². The number of hydrogen-bond donors (Lipinski definition) is 0. The lowest BCUT2D eigenvalue weighted by molar-refractivity contribution is -0.386. The normalized spacial score (nSPS) is 10.3. The van der Waals surface area contributed by atoms with E-state index < -0.39 is 21.1 Å². The molecule has 0 radical (unpaired) electrons. The van der Waals surface area contributed by atoms with Crippen LogP contribution < -0.4 is 5.56 Å². The van der Waals surface area contributed by atoms with Crippen molar-refractivity contribution in [3.63, 3.8) is 0 Å². The highest BCUT2D eigenvalue weighted by Crippen LogP contribution is 2.28. The summed E-state index contributed by atoms with van der Waals surface area (Å²) in [5.74, 6) is 0. The molecule has 0 amide bonds. The first-order valence-corrected chi connectivity index (χ1v) is 6.46. The van der Waals surface area contributed by atoms with Gasteiger partial charge in [-0.15, -0.1) is 0 Å². The van der Waals surface area contributed by atoms with E-state index in [1.165, 1.54) is 24.4 Å². The number of rotatable bonds is 4. The minimum Gasteiger partial charge on any atom is -0.305 e. The molecule has 0 spiro atoms. The van der Waals surface area contributed by atoms with Crippen molar-refractivity contribution in [1.29, 1.82) is 0 Å². The molecule has 1 heterocycles. The number of hydrogen-bond acceptors (Lipinski definition) is 5. The molecular formula is C12H8BrN3O5. The summed E-state index contributed by atoms with van der Waals surface area (Å²) in [6.45, 7) is -0.0111. The highest BCUT2D eigenvalue weighted by atomic mass is 79.9. The van der Waals surface area contributed by atoms with E-state index in [2.05, 4.69) is 15.9 Å². The smallest absolute Gasteiger partial charge is 0.305 e. The largest absolute Gasteiger partial charge is 0.334 e. The van der Waals surface area contributed by atoms with Crippen molar-refractivity contribution in [2.45, 2.75) is 6.54 Å². The lowest BCUT2D eigenvalue weighted by Gasteiger charge is -2.07. The minimum atomic E-state index is -0.763. The topological polar surface area (TPSA) is 108 Å². The predicted molar refractivity (Wildman–Crippen MR) is 77.3 cm³/mol. The number of nitro groups is 2. The van der Waals surface area contributed by atoms with Crippen LogP contribution in [0.1, 0.15) is 5.56 Å². The van der Waals surface area contributed by atoms with E-state index in [0.717, 1.165) is 10.6 Å². The number of pyridine rings is 1. The second kappa shape index (κ2) is 5.83. The van der Waals surface area contributed by atoms with Gasteiger partial charge in [0.15, 0.2) is 0 Å². The van der Waals surface area contributed by atoms with Crippen LogP contribution in [0.25, 0.3) is 0 Å². The van der Waals surface area contributed by atoms with Gasteiger partial charge in [0, 0.05) is 18.3 Å². The molecule has 0 aliphatic heterocycles. The SMILES string of the molecule is O=c1c([N+](=O)[O-])cccn1Cc1cccc([N+](=O)[O-])c1Br.